The molecule has 2 N–H and O–H groups in total. The van der Waals surface area contributed by atoms with E-state index in [4.69, 9.17) is 29.3 Å². The molecule has 3 fully saturated rings. The van der Waals surface area contributed by atoms with Gasteiger partial charge in [-0.1, -0.05) is 12.1 Å². The molecule has 3 heterocycles. The maximum Gasteiger partial charge on any atom is 0.490 e. The Labute approximate surface area is 221 Å². The molecule has 0 spiro atoms. The van der Waals surface area contributed by atoms with E-state index in [2.05, 4.69) is 46.0 Å². The van der Waals surface area contributed by atoms with Crippen molar-refractivity contribution in [1.82, 2.24) is 14.7 Å². The number of carbonyl (C=O) groups is 2. The smallest absolute Gasteiger partial charge is 0.490 e. The molecule has 3 atom stereocenters. The van der Waals surface area contributed by atoms with Crippen LogP contribution in [0.15, 0.2) is 24.3 Å². The third-order valence-corrected chi connectivity index (χ3v) is 6.74. The predicted molar refractivity (Wildman–Crippen MR) is 126 cm³/mol. The topological polar surface area (TPSA) is 103 Å². The van der Waals surface area contributed by atoms with Crippen LogP contribution in [0.1, 0.15) is 5.56 Å². The number of likely N-dealkylation sites (N-methyl/N-ethyl adjacent to an activating group) is 1. The lowest BCUT2D eigenvalue weighted by molar-refractivity contribution is -0.193. The molecule has 1 aromatic rings. The molecule has 3 saturated heterocycles. The second kappa shape index (κ2) is 14.1. The molecule has 3 aliphatic rings. The average molecular weight is 574 g/mol. The largest absolute Gasteiger partial charge is 0.497 e. The minimum atomic E-state index is -5.08. The minimum Gasteiger partial charge on any atom is -0.497 e. The lowest BCUT2D eigenvalue weighted by atomic mass is 9.86. The first-order valence-corrected chi connectivity index (χ1v) is 12.1. The number of halogens is 6. The average Bonchev–Trinajstić information content (AvgIpc) is 3.27. The summed E-state index contributed by atoms with van der Waals surface area (Å²) in [6.45, 7) is 10.0. The number of hydrogen-bond acceptors (Lipinski definition) is 7. The van der Waals surface area contributed by atoms with Gasteiger partial charge in [-0.3, -0.25) is 9.80 Å². The number of alkyl halides is 6. The van der Waals surface area contributed by atoms with Crippen LogP contribution in [0.5, 0.6) is 5.75 Å². The van der Waals surface area contributed by atoms with Gasteiger partial charge in [0.05, 0.1) is 20.3 Å². The lowest BCUT2D eigenvalue weighted by Gasteiger charge is -2.44. The van der Waals surface area contributed by atoms with Crippen molar-refractivity contribution in [3.05, 3.63) is 29.8 Å². The summed E-state index contributed by atoms with van der Waals surface area (Å²) < 4.78 is 74.7. The van der Waals surface area contributed by atoms with Crippen molar-refractivity contribution >= 4 is 11.9 Å². The van der Waals surface area contributed by atoms with Crippen LogP contribution in [0.2, 0.25) is 0 Å². The summed E-state index contributed by atoms with van der Waals surface area (Å²) >= 11 is 0. The second-order valence-electron chi connectivity index (χ2n) is 9.52. The highest BCUT2D eigenvalue weighted by atomic mass is 19.4. The van der Waals surface area contributed by atoms with Crippen molar-refractivity contribution in [3.63, 3.8) is 0 Å². The van der Waals surface area contributed by atoms with Crippen LogP contribution in [0.25, 0.3) is 0 Å². The first-order chi connectivity index (χ1) is 18.1. The maximum atomic E-state index is 10.6. The van der Waals surface area contributed by atoms with Crippen LogP contribution in [-0.2, 0) is 20.9 Å². The van der Waals surface area contributed by atoms with E-state index in [1.54, 1.807) is 7.11 Å². The standard InChI is InChI=1S/C20H31N3O2.2C2HF3O2/c1-21-7-9-23(10-8-21)20-15-25-14-17-12-22(13-19(17)20)11-16-3-5-18(24-2)6-4-16;2*3-2(4,5)1(6)7/h3-6,17,19-20H,7-15H2,1-2H3;2*(H,6,7)/t17-,19-,20+;;/m1../s1. The molecule has 39 heavy (non-hydrogen) atoms. The van der Waals surface area contributed by atoms with Gasteiger partial charge in [-0.25, -0.2) is 9.59 Å². The van der Waals surface area contributed by atoms with Gasteiger partial charge in [0.1, 0.15) is 5.75 Å². The van der Waals surface area contributed by atoms with Crippen molar-refractivity contribution in [3.8, 4) is 5.75 Å². The SMILES string of the molecule is COc1ccc(CN2C[C@@H]3COC[C@H](N4CCN(C)CC4)[C@@H]3C2)cc1.O=C(O)C(F)(F)F.O=C(O)C(F)(F)F. The first-order valence-electron chi connectivity index (χ1n) is 12.1. The van der Waals surface area contributed by atoms with Crippen LogP contribution in [0, 0.1) is 11.8 Å². The number of carboxylic acids is 2. The van der Waals surface area contributed by atoms with Crippen LogP contribution in [0.4, 0.5) is 26.3 Å². The molecule has 4 rings (SSSR count). The Morgan fingerprint density at radius 2 is 1.44 bits per heavy atom. The molecule has 15 heteroatoms. The predicted octanol–water partition coefficient (Wildman–Crippen LogP) is 2.66. The molecule has 0 unspecified atom stereocenters. The molecule has 0 saturated carbocycles. The summed E-state index contributed by atoms with van der Waals surface area (Å²) in [7, 11) is 3.95. The van der Waals surface area contributed by atoms with E-state index in [9.17, 15) is 26.3 Å². The molecule has 0 aliphatic carbocycles. The van der Waals surface area contributed by atoms with E-state index < -0.39 is 24.3 Å². The van der Waals surface area contributed by atoms with E-state index in [1.165, 1.54) is 44.8 Å². The van der Waals surface area contributed by atoms with Gasteiger partial charge >= 0.3 is 24.3 Å². The third-order valence-electron chi connectivity index (χ3n) is 6.74. The summed E-state index contributed by atoms with van der Waals surface area (Å²) in [4.78, 5) is 25.5. The number of fused-ring (bicyclic) bond motifs is 1. The fourth-order valence-electron chi connectivity index (χ4n) is 4.71. The van der Waals surface area contributed by atoms with E-state index >= 15 is 0 Å². The second-order valence-corrected chi connectivity index (χ2v) is 9.52. The van der Waals surface area contributed by atoms with Gasteiger partial charge in [-0.2, -0.15) is 26.3 Å². The summed E-state index contributed by atoms with van der Waals surface area (Å²) in [5.41, 5.74) is 1.37. The van der Waals surface area contributed by atoms with Gasteiger partial charge in [0.25, 0.3) is 0 Å². The summed E-state index contributed by atoms with van der Waals surface area (Å²) in [6.07, 6.45) is -10.2. The van der Waals surface area contributed by atoms with Gasteiger partial charge < -0.3 is 24.6 Å². The van der Waals surface area contributed by atoms with Gasteiger partial charge in [0.2, 0.25) is 0 Å². The quantitative estimate of drug-likeness (QED) is 0.527. The lowest BCUT2D eigenvalue weighted by Crippen LogP contribution is -2.56. The van der Waals surface area contributed by atoms with E-state index in [1.807, 2.05) is 0 Å². The van der Waals surface area contributed by atoms with E-state index in [-0.39, 0.29) is 0 Å². The highest BCUT2D eigenvalue weighted by Gasteiger charge is 2.43. The van der Waals surface area contributed by atoms with Gasteiger partial charge in [-0.05, 0) is 30.7 Å². The number of hydrogen-bond donors (Lipinski definition) is 2. The molecular formula is C24H33F6N3O6. The Morgan fingerprint density at radius 3 is 1.90 bits per heavy atom. The van der Waals surface area contributed by atoms with E-state index in [0.717, 1.165) is 31.4 Å². The van der Waals surface area contributed by atoms with Crippen molar-refractivity contribution in [1.29, 1.82) is 0 Å². The number of piperazine rings is 1. The Hall–Kier alpha value is -2.62. The molecule has 0 aromatic heterocycles. The Balaban J connectivity index is 0.000000317. The number of benzene rings is 1. The maximum absolute atomic E-state index is 10.6. The monoisotopic (exact) mass is 573 g/mol. The number of nitrogens with zero attached hydrogens (tertiary/aromatic N) is 3. The van der Waals surface area contributed by atoms with Crippen LogP contribution in [-0.4, -0.2) is 122 Å². The number of carboxylic acid groups (broad SMARTS) is 2. The summed E-state index contributed by atoms with van der Waals surface area (Å²) in [5.74, 6) is -3.13. The van der Waals surface area contributed by atoms with Gasteiger partial charge in [0, 0.05) is 57.8 Å². The van der Waals surface area contributed by atoms with Crippen molar-refractivity contribution in [2.45, 2.75) is 24.9 Å². The number of methoxy groups -OCH3 is 1. The van der Waals surface area contributed by atoms with Crippen molar-refractivity contribution in [2.75, 3.05) is 66.6 Å². The normalized spacial score (nSPS) is 24.5. The highest BCUT2D eigenvalue weighted by molar-refractivity contribution is 5.73. The minimum absolute atomic E-state index is 0.605. The van der Waals surface area contributed by atoms with Crippen LogP contribution < -0.4 is 4.74 Å². The van der Waals surface area contributed by atoms with Gasteiger partial charge in [-0.15, -0.1) is 0 Å². The number of likely N-dealkylation sites (tertiary alicyclic amines) is 1. The molecule has 1 aromatic carbocycles. The molecule has 0 bridgehead atoms. The highest BCUT2D eigenvalue weighted by Crippen LogP contribution is 2.34. The Kier molecular flexibility index (Phi) is 11.8. The third kappa shape index (κ3) is 10.5. The zero-order chi connectivity index (χ0) is 29.4. The van der Waals surface area contributed by atoms with E-state index in [0.29, 0.717) is 12.0 Å². The number of rotatable bonds is 4. The van der Waals surface area contributed by atoms with Crippen LogP contribution >= 0.6 is 0 Å². The summed E-state index contributed by atoms with van der Waals surface area (Å²) in [5, 5.41) is 14.2. The van der Waals surface area contributed by atoms with Gasteiger partial charge in [0.15, 0.2) is 0 Å². The zero-order valence-corrected chi connectivity index (χ0v) is 21.5. The molecule has 222 valence electrons. The Bertz CT molecular complexity index is 898. The molecular weight excluding hydrogens is 540 g/mol. The first kappa shape index (κ1) is 32.6. The zero-order valence-electron chi connectivity index (χ0n) is 21.5. The fraction of sp³-hybridized carbons (Fsp3) is 0.667. The molecule has 0 amide bonds. The van der Waals surface area contributed by atoms with Crippen molar-refractivity contribution < 1.29 is 55.6 Å². The fourth-order valence-corrected chi connectivity index (χ4v) is 4.71. The Morgan fingerprint density at radius 1 is 0.923 bits per heavy atom. The molecule has 9 nitrogen and oxygen atoms in total. The molecule has 0 radical (unpaired) electrons. The van der Waals surface area contributed by atoms with Crippen LogP contribution in [0.3, 0.4) is 0 Å². The molecule has 3 aliphatic heterocycles. The number of aliphatic carboxylic acids is 2. The number of ether oxygens (including phenoxy) is 2. The summed E-state index contributed by atoms with van der Waals surface area (Å²) in [6, 6.07) is 9.11. The van der Waals surface area contributed by atoms with Crippen molar-refractivity contribution in [2.24, 2.45) is 11.8 Å².